The first-order valence-electron chi connectivity index (χ1n) is 8.64. The lowest BCUT2D eigenvalue weighted by molar-refractivity contribution is 0.205. The molecule has 25 heavy (non-hydrogen) atoms. The van der Waals surface area contributed by atoms with Crippen LogP contribution in [0.4, 0.5) is 16.0 Å². The molecule has 6 nitrogen and oxygen atoms in total. The van der Waals surface area contributed by atoms with Crippen LogP contribution in [0.15, 0.2) is 30.6 Å². The largest absolute Gasteiger partial charge is 0.476 e. The fourth-order valence-corrected chi connectivity index (χ4v) is 3.18. The molecule has 1 aromatic carbocycles. The van der Waals surface area contributed by atoms with Crippen molar-refractivity contribution in [2.75, 3.05) is 11.9 Å². The Labute approximate surface area is 144 Å². The lowest BCUT2D eigenvalue weighted by Gasteiger charge is -2.21. The number of imidazole rings is 1. The van der Waals surface area contributed by atoms with Gasteiger partial charge in [0, 0.05) is 5.69 Å². The summed E-state index contributed by atoms with van der Waals surface area (Å²) in [5, 5.41) is 3.07. The Balaban J connectivity index is 1.54. The molecule has 0 aliphatic heterocycles. The molecule has 2 heterocycles. The van der Waals surface area contributed by atoms with Crippen molar-refractivity contribution in [3.63, 3.8) is 0 Å². The summed E-state index contributed by atoms with van der Waals surface area (Å²) in [6.45, 7) is 0.654. The smallest absolute Gasteiger partial charge is 0.245 e. The van der Waals surface area contributed by atoms with E-state index in [-0.39, 0.29) is 5.82 Å². The number of nitrogens with one attached hydrogen (secondary N) is 2. The standard InChI is InChI=1S/C18H20FN5O/c19-13-6-8-14(9-7-13)22-18-23-16-15(20-11-21-16)17(24-18)25-10-12-4-2-1-3-5-12/h6-9,11-12H,1-5,10H2,(H2,20,21,22,23,24). The van der Waals surface area contributed by atoms with E-state index in [2.05, 4.69) is 25.3 Å². The van der Waals surface area contributed by atoms with Gasteiger partial charge in [0.05, 0.1) is 12.9 Å². The van der Waals surface area contributed by atoms with Crippen molar-refractivity contribution in [2.45, 2.75) is 32.1 Å². The van der Waals surface area contributed by atoms with Gasteiger partial charge in [0.1, 0.15) is 11.3 Å². The van der Waals surface area contributed by atoms with Gasteiger partial charge in [-0.15, -0.1) is 0 Å². The first-order chi connectivity index (χ1) is 12.3. The molecule has 0 amide bonds. The normalized spacial score (nSPS) is 15.4. The van der Waals surface area contributed by atoms with Crippen LogP contribution in [-0.4, -0.2) is 26.5 Å². The van der Waals surface area contributed by atoms with Crippen molar-refractivity contribution in [1.29, 1.82) is 0 Å². The van der Waals surface area contributed by atoms with Crippen LogP contribution in [-0.2, 0) is 0 Å². The minimum Gasteiger partial charge on any atom is -0.476 e. The second-order valence-electron chi connectivity index (χ2n) is 6.40. The molecule has 0 radical (unpaired) electrons. The van der Waals surface area contributed by atoms with E-state index in [9.17, 15) is 4.39 Å². The van der Waals surface area contributed by atoms with Gasteiger partial charge in [0.2, 0.25) is 11.8 Å². The predicted molar refractivity (Wildman–Crippen MR) is 93.4 cm³/mol. The number of fused-ring (bicyclic) bond motifs is 1. The number of benzene rings is 1. The molecule has 0 spiro atoms. The molecule has 0 atom stereocenters. The van der Waals surface area contributed by atoms with E-state index in [4.69, 9.17) is 4.74 Å². The zero-order chi connectivity index (χ0) is 17.1. The van der Waals surface area contributed by atoms with Gasteiger partial charge in [-0.2, -0.15) is 9.97 Å². The van der Waals surface area contributed by atoms with Crippen molar-refractivity contribution in [1.82, 2.24) is 19.9 Å². The van der Waals surface area contributed by atoms with Crippen molar-refractivity contribution in [3.05, 3.63) is 36.4 Å². The number of hydrogen-bond acceptors (Lipinski definition) is 5. The maximum atomic E-state index is 13.0. The maximum absolute atomic E-state index is 13.0. The van der Waals surface area contributed by atoms with Crippen molar-refractivity contribution < 1.29 is 9.13 Å². The molecule has 3 aromatic rings. The van der Waals surface area contributed by atoms with Crippen LogP contribution in [0.5, 0.6) is 5.88 Å². The Bertz CT molecular complexity index is 842. The maximum Gasteiger partial charge on any atom is 0.245 e. The van der Waals surface area contributed by atoms with Gasteiger partial charge >= 0.3 is 0 Å². The average Bonchev–Trinajstić information content (AvgIpc) is 3.11. The molecular weight excluding hydrogens is 321 g/mol. The molecule has 1 fully saturated rings. The highest BCUT2D eigenvalue weighted by Gasteiger charge is 2.17. The van der Waals surface area contributed by atoms with Crippen LogP contribution in [0, 0.1) is 11.7 Å². The highest BCUT2D eigenvalue weighted by atomic mass is 19.1. The lowest BCUT2D eigenvalue weighted by Crippen LogP contribution is -2.16. The Kier molecular flexibility index (Phi) is 4.45. The van der Waals surface area contributed by atoms with E-state index in [1.807, 2.05) is 0 Å². The van der Waals surface area contributed by atoms with Crippen LogP contribution < -0.4 is 10.1 Å². The molecule has 2 N–H and O–H groups in total. The van der Waals surface area contributed by atoms with E-state index < -0.39 is 0 Å². The molecule has 1 aliphatic carbocycles. The zero-order valence-corrected chi connectivity index (χ0v) is 13.8. The highest BCUT2D eigenvalue weighted by Crippen LogP contribution is 2.27. The molecule has 0 unspecified atom stereocenters. The fourth-order valence-electron chi connectivity index (χ4n) is 3.18. The number of rotatable bonds is 5. The summed E-state index contributed by atoms with van der Waals surface area (Å²) in [6, 6.07) is 6.04. The third-order valence-corrected chi connectivity index (χ3v) is 4.53. The van der Waals surface area contributed by atoms with Gasteiger partial charge < -0.3 is 15.0 Å². The van der Waals surface area contributed by atoms with Crippen molar-refractivity contribution in [2.24, 2.45) is 5.92 Å². The van der Waals surface area contributed by atoms with Crippen LogP contribution in [0.3, 0.4) is 0 Å². The Morgan fingerprint density at radius 3 is 2.72 bits per heavy atom. The third kappa shape index (κ3) is 3.70. The van der Waals surface area contributed by atoms with E-state index in [1.54, 1.807) is 18.5 Å². The number of aromatic nitrogens is 4. The Morgan fingerprint density at radius 2 is 1.92 bits per heavy atom. The summed E-state index contributed by atoms with van der Waals surface area (Å²) in [4.78, 5) is 16.1. The topological polar surface area (TPSA) is 75.7 Å². The number of H-pyrrole nitrogens is 1. The van der Waals surface area contributed by atoms with E-state index >= 15 is 0 Å². The molecular formula is C18H20FN5O. The Hall–Kier alpha value is -2.70. The molecule has 130 valence electrons. The molecule has 0 bridgehead atoms. The summed E-state index contributed by atoms with van der Waals surface area (Å²) in [7, 11) is 0. The number of ether oxygens (including phenoxy) is 1. The van der Waals surface area contributed by atoms with Crippen molar-refractivity contribution in [3.8, 4) is 5.88 Å². The summed E-state index contributed by atoms with van der Waals surface area (Å²) in [6.07, 6.45) is 7.86. The second kappa shape index (κ2) is 7.04. The van der Waals surface area contributed by atoms with Gasteiger partial charge in [-0.3, -0.25) is 0 Å². The number of nitrogens with zero attached hydrogens (tertiary/aromatic N) is 3. The summed E-state index contributed by atoms with van der Waals surface area (Å²) in [5.41, 5.74) is 1.94. The predicted octanol–water partition coefficient (Wildman–Crippen LogP) is 4.19. The van der Waals surface area contributed by atoms with Gasteiger partial charge in [-0.1, -0.05) is 19.3 Å². The fraction of sp³-hybridized carbons (Fsp3) is 0.389. The summed E-state index contributed by atoms with van der Waals surface area (Å²) in [5.74, 6) is 1.17. The van der Waals surface area contributed by atoms with Gasteiger partial charge in [0.25, 0.3) is 0 Å². The van der Waals surface area contributed by atoms with Crippen LogP contribution in [0.25, 0.3) is 11.2 Å². The van der Waals surface area contributed by atoms with Crippen LogP contribution in [0.2, 0.25) is 0 Å². The second-order valence-corrected chi connectivity index (χ2v) is 6.40. The number of anilines is 2. The highest BCUT2D eigenvalue weighted by molar-refractivity contribution is 5.77. The van der Waals surface area contributed by atoms with Crippen LogP contribution in [0.1, 0.15) is 32.1 Å². The monoisotopic (exact) mass is 341 g/mol. The number of hydrogen-bond donors (Lipinski definition) is 2. The summed E-state index contributed by atoms with van der Waals surface area (Å²) >= 11 is 0. The van der Waals surface area contributed by atoms with Gasteiger partial charge in [0.15, 0.2) is 5.65 Å². The minimum atomic E-state index is -0.286. The molecule has 1 aliphatic rings. The quantitative estimate of drug-likeness (QED) is 0.727. The van der Waals surface area contributed by atoms with Crippen molar-refractivity contribution >= 4 is 22.8 Å². The molecule has 2 aromatic heterocycles. The average molecular weight is 341 g/mol. The first kappa shape index (κ1) is 15.8. The molecule has 0 saturated heterocycles. The van der Waals surface area contributed by atoms with E-state index in [0.29, 0.717) is 41.2 Å². The third-order valence-electron chi connectivity index (χ3n) is 4.53. The van der Waals surface area contributed by atoms with E-state index in [1.165, 1.54) is 44.2 Å². The number of aromatic amines is 1. The zero-order valence-electron chi connectivity index (χ0n) is 13.8. The van der Waals surface area contributed by atoms with Crippen LogP contribution >= 0.6 is 0 Å². The Morgan fingerprint density at radius 1 is 1.12 bits per heavy atom. The van der Waals surface area contributed by atoms with E-state index in [0.717, 1.165) is 0 Å². The summed E-state index contributed by atoms with van der Waals surface area (Å²) < 4.78 is 19.0. The molecule has 4 rings (SSSR count). The molecule has 1 saturated carbocycles. The number of halogens is 1. The lowest BCUT2D eigenvalue weighted by atomic mass is 9.90. The van der Waals surface area contributed by atoms with Gasteiger partial charge in [-0.05, 0) is 43.0 Å². The first-order valence-corrected chi connectivity index (χ1v) is 8.64. The minimum absolute atomic E-state index is 0.286. The SMILES string of the molecule is Fc1ccc(Nc2nc(OCC3CCCCC3)c3[nH]cnc3n2)cc1. The molecule has 7 heteroatoms. The van der Waals surface area contributed by atoms with Gasteiger partial charge in [-0.25, -0.2) is 9.37 Å².